The highest BCUT2D eigenvalue weighted by Gasteiger charge is 2.14. The first-order valence-corrected chi connectivity index (χ1v) is 10.1. The summed E-state index contributed by atoms with van der Waals surface area (Å²) in [5.41, 5.74) is 2.22. The van der Waals surface area contributed by atoms with E-state index in [1.165, 1.54) is 19.3 Å². The van der Waals surface area contributed by atoms with Crippen molar-refractivity contribution in [1.82, 2.24) is 24.8 Å². The van der Waals surface area contributed by atoms with Crippen LogP contribution in [0.25, 0.3) is 17.0 Å². The molecule has 3 aromatic rings. The van der Waals surface area contributed by atoms with Gasteiger partial charge in [0.05, 0.1) is 0 Å². The van der Waals surface area contributed by atoms with Crippen molar-refractivity contribution in [1.29, 1.82) is 0 Å². The van der Waals surface area contributed by atoms with Crippen LogP contribution in [0.2, 0.25) is 0 Å². The first-order chi connectivity index (χ1) is 13.2. The van der Waals surface area contributed by atoms with Crippen molar-refractivity contribution >= 4 is 27.5 Å². The van der Waals surface area contributed by atoms with E-state index in [1.807, 2.05) is 40.9 Å². The first-order valence-electron chi connectivity index (χ1n) is 9.32. The molecule has 140 valence electrons. The Morgan fingerprint density at radius 1 is 1.11 bits per heavy atom. The van der Waals surface area contributed by atoms with E-state index in [-0.39, 0.29) is 5.91 Å². The van der Waals surface area contributed by atoms with Crippen molar-refractivity contribution in [3.63, 3.8) is 0 Å². The van der Waals surface area contributed by atoms with Crippen LogP contribution >= 0.6 is 15.9 Å². The Labute approximate surface area is 166 Å². The summed E-state index contributed by atoms with van der Waals surface area (Å²) in [6.07, 6.45) is 5.70. The molecule has 3 heterocycles. The summed E-state index contributed by atoms with van der Waals surface area (Å²) in [6.45, 7) is 3.85. The third-order valence-electron chi connectivity index (χ3n) is 4.95. The quantitative estimate of drug-likeness (QED) is 0.677. The Hall–Kier alpha value is -2.25. The molecule has 2 aromatic heterocycles. The van der Waals surface area contributed by atoms with Gasteiger partial charge < -0.3 is 10.2 Å². The highest BCUT2D eigenvalue weighted by Crippen LogP contribution is 2.26. The van der Waals surface area contributed by atoms with E-state index in [4.69, 9.17) is 0 Å². The number of aromatic nitrogens is 3. The number of carbonyl (C=O) groups is 1. The monoisotopic (exact) mass is 427 g/mol. The van der Waals surface area contributed by atoms with Gasteiger partial charge in [-0.15, -0.1) is 10.2 Å². The lowest BCUT2D eigenvalue weighted by Crippen LogP contribution is -2.37. The summed E-state index contributed by atoms with van der Waals surface area (Å²) >= 11 is 3.55. The summed E-state index contributed by atoms with van der Waals surface area (Å²) < 4.78 is 2.85. The number of hydrogen-bond donors (Lipinski definition) is 1. The van der Waals surface area contributed by atoms with Gasteiger partial charge in [-0.3, -0.25) is 9.20 Å². The summed E-state index contributed by atoms with van der Waals surface area (Å²) in [6, 6.07) is 11.5. The smallest absolute Gasteiger partial charge is 0.251 e. The van der Waals surface area contributed by atoms with Crippen LogP contribution in [0.4, 0.5) is 0 Å². The minimum Gasteiger partial charge on any atom is -0.351 e. The SMILES string of the molecule is O=C(NCCN1CCCCC1)c1ccn2c(-c3ccccc3Br)nnc2c1. The number of amides is 1. The minimum absolute atomic E-state index is 0.0695. The van der Waals surface area contributed by atoms with Crippen LogP contribution in [0.15, 0.2) is 47.1 Å². The van der Waals surface area contributed by atoms with Gasteiger partial charge in [-0.25, -0.2) is 0 Å². The fourth-order valence-corrected chi connectivity index (χ4v) is 3.93. The molecule has 1 aromatic carbocycles. The third-order valence-corrected chi connectivity index (χ3v) is 5.64. The molecular weight excluding hydrogens is 406 g/mol. The van der Waals surface area contributed by atoms with Gasteiger partial charge in [-0.1, -0.05) is 40.5 Å². The molecule has 7 heteroatoms. The molecule has 6 nitrogen and oxygen atoms in total. The van der Waals surface area contributed by atoms with Crippen LogP contribution in [-0.2, 0) is 0 Å². The molecule has 1 amide bonds. The topological polar surface area (TPSA) is 62.5 Å². The number of halogens is 1. The van der Waals surface area contributed by atoms with Gasteiger partial charge in [0.1, 0.15) is 0 Å². The summed E-state index contributed by atoms with van der Waals surface area (Å²) in [5, 5.41) is 11.5. The van der Waals surface area contributed by atoms with Crippen LogP contribution < -0.4 is 5.32 Å². The molecule has 0 radical (unpaired) electrons. The molecule has 0 spiro atoms. The second-order valence-electron chi connectivity index (χ2n) is 6.81. The largest absolute Gasteiger partial charge is 0.351 e. The zero-order valence-electron chi connectivity index (χ0n) is 15.1. The predicted octanol–water partition coefficient (Wildman–Crippen LogP) is 3.37. The van der Waals surface area contributed by atoms with E-state index in [0.717, 1.165) is 35.5 Å². The van der Waals surface area contributed by atoms with Gasteiger partial charge >= 0.3 is 0 Å². The highest BCUT2D eigenvalue weighted by atomic mass is 79.9. The summed E-state index contributed by atoms with van der Waals surface area (Å²) in [4.78, 5) is 14.9. The van der Waals surface area contributed by atoms with Crippen molar-refractivity contribution in [2.45, 2.75) is 19.3 Å². The maximum Gasteiger partial charge on any atom is 0.251 e. The van der Waals surface area contributed by atoms with Crippen LogP contribution in [0.5, 0.6) is 0 Å². The van der Waals surface area contributed by atoms with Crippen molar-refractivity contribution in [3.8, 4) is 11.4 Å². The number of rotatable bonds is 5. The molecule has 1 aliphatic rings. The normalized spacial score (nSPS) is 15.1. The van der Waals surface area contributed by atoms with Crippen molar-refractivity contribution < 1.29 is 4.79 Å². The van der Waals surface area contributed by atoms with Crippen molar-refractivity contribution in [3.05, 3.63) is 52.6 Å². The molecule has 27 heavy (non-hydrogen) atoms. The van der Waals surface area contributed by atoms with Gasteiger partial charge in [0.25, 0.3) is 5.91 Å². The van der Waals surface area contributed by atoms with Gasteiger partial charge in [0, 0.05) is 34.9 Å². The number of likely N-dealkylation sites (tertiary alicyclic amines) is 1. The zero-order valence-corrected chi connectivity index (χ0v) is 16.7. The van der Waals surface area contributed by atoms with E-state index in [0.29, 0.717) is 17.8 Å². The standard InChI is InChI=1S/C20H22BrN5O/c21-17-7-3-2-6-16(17)19-24-23-18-14-15(8-12-26(18)19)20(27)22-9-13-25-10-4-1-5-11-25/h2-3,6-8,12,14H,1,4-5,9-11,13H2,(H,22,27). The third kappa shape index (κ3) is 4.04. The van der Waals surface area contributed by atoms with Crippen molar-refractivity contribution in [2.75, 3.05) is 26.2 Å². The fraction of sp³-hybridized carbons (Fsp3) is 0.350. The van der Waals surface area contributed by atoms with E-state index >= 15 is 0 Å². The maximum absolute atomic E-state index is 12.5. The number of fused-ring (bicyclic) bond motifs is 1. The maximum atomic E-state index is 12.5. The number of carbonyl (C=O) groups excluding carboxylic acids is 1. The molecular formula is C20H22BrN5O. The van der Waals surface area contributed by atoms with Crippen molar-refractivity contribution in [2.24, 2.45) is 0 Å². The van der Waals surface area contributed by atoms with Gasteiger partial charge in [-0.05, 0) is 44.1 Å². The zero-order chi connectivity index (χ0) is 18.6. The van der Waals surface area contributed by atoms with Crippen LogP contribution in [0, 0.1) is 0 Å². The Morgan fingerprint density at radius 3 is 2.74 bits per heavy atom. The highest BCUT2D eigenvalue weighted by molar-refractivity contribution is 9.10. The second kappa shape index (κ2) is 8.19. The van der Waals surface area contributed by atoms with Gasteiger partial charge in [0.15, 0.2) is 11.5 Å². The van der Waals surface area contributed by atoms with Crippen LogP contribution in [-0.4, -0.2) is 51.6 Å². The average molecular weight is 428 g/mol. The molecule has 1 aliphatic heterocycles. The number of benzene rings is 1. The molecule has 0 saturated carbocycles. The Bertz CT molecular complexity index is 948. The van der Waals surface area contributed by atoms with E-state index < -0.39 is 0 Å². The molecule has 1 fully saturated rings. The van der Waals surface area contributed by atoms with E-state index in [1.54, 1.807) is 6.07 Å². The average Bonchev–Trinajstić information content (AvgIpc) is 3.12. The second-order valence-corrected chi connectivity index (χ2v) is 7.66. The van der Waals surface area contributed by atoms with E-state index in [9.17, 15) is 4.79 Å². The Kier molecular flexibility index (Phi) is 5.50. The molecule has 0 bridgehead atoms. The number of nitrogens with zero attached hydrogens (tertiary/aromatic N) is 4. The number of nitrogens with one attached hydrogen (secondary N) is 1. The molecule has 0 aliphatic carbocycles. The predicted molar refractivity (Wildman–Crippen MR) is 109 cm³/mol. The molecule has 4 rings (SSSR count). The Morgan fingerprint density at radius 2 is 1.93 bits per heavy atom. The number of pyridine rings is 1. The number of hydrogen-bond acceptors (Lipinski definition) is 4. The van der Waals surface area contributed by atoms with E-state index in [2.05, 4.69) is 36.3 Å². The lowest BCUT2D eigenvalue weighted by Gasteiger charge is -2.26. The molecule has 1 saturated heterocycles. The van der Waals surface area contributed by atoms with Crippen LogP contribution in [0.1, 0.15) is 29.6 Å². The lowest BCUT2D eigenvalue weighted by molar-refractivity contribution is 0.0946. The first kappa shape index (κ1) is 18.1. The summed E-state index contributed by atoms with van der Waals surface area (Å²) in [5.74, 6) is 0.675. The lowest BCUT2D eigenvalue weighted by atomic mass is 10.1. The molecule has 0 unspecified atom stereocenters. The van der Waals surface area contributed by atoms with Crippen LogP contribution in [0.3, 0.4) is 0 Å². The van der Waals surface area contributed by atoms with Gasteiger partial charge in [0.2, 0.25) is 0 Å². The minimum atomic E-state index is -0.0695. The Balaban J connectivity index is 1.45. The molecule has 1 N–H and O–H groups in total. The number of piperidine rings is 1. The summed E-state index contributed by atoms with van der Waals surface area (Å²) in [7, 11) is 0. The fourth-order valence-electron chi connectivity index (χ4n) is 3.47. The van der Waals surface area contributed by atoms with Gasteiger partial charge in [-0.2, -0.15) is 0 Å². The molecule has 0 atom stereocenters.